The van der Waals surface area contributed by atoms with Gasteiger partial charge in [0.25, 0.3) is 11.8 Å². The summed E-state index contributed by atoms with van der Waals surface area (Å²) >= 11 is 5.91. The topological polar surface area (TPSA) is 96.3 Å². The Labute approximate surface area is 205 Å². The quantitative estimate of drug-likeness (QED) is 0.614. The highest BCUT2D eigenvalue weighted by molar-refractivity contribution is 6.30. The Balaban J connectivity index is 1.42. The maximum Gasteiger partial charge on any atom is 0.272 e. The predicted molar refractivity (Wildman–Crippen MR) is 130 cm³/mol. The molecule has 1 unspecified atom stereocenters. The van der Waals surface area contributed by atoms with Gasteiger partial charge in [-0.2, -0.15) is 5.10 Å². The first-order valence-electron chi connectivity index (χ1n) is 12.0. The van der Waals surface area contributed by atoms with E-state index >= 15 is 0 Å². The zero-order chi connectivity index (χ0) is 24.3. The molecule has 2 N–H and O–H groups in total. The molecule has 1 aliphatic carbocycles. The van der Waals surface area contributed by atoms with Crippen LogP contribution in [0.1, 0.15) is 72.0 Å². The van der Waals surface area contributed by atoms with Crippen LogP contribution in [-0.2, 0) is 17.8 Å². The Morgan fingerprint density at radius 3 is 2.50 bits per heavy atom. The van der Waals surface area contributed by atoms with E-state index in [1.807, 2.05) is 24.3 Å². The summed E-state index contributed by atoms with van der Waals surface area (Å²) in [5.41, 5.74) is 0.456. The summed E-state index contributed by atoms with van der Waals surface area (Å²) in [6.07, 6.45) is 7.19. The number of rotatable bonds is 6. The SMILES string of the molecule is CN1C(=O)c2cc(C(=O)NCCc3ccc(Cl)cc3)nn2CC1(C)C(=O)NC1CCCCCC1. The Hall–Kier alpha value is -2.87. The van der Waals surface area contributed by atoms with Crippen molar-refractivity contribution in [1.82, 2.24) is 25.3 Å². The minimum atomic E-state index is -1.08. The number of hydrogen-bond acceptors (Lipinski definition) is 4. The van der Waals surface area contributed by atoms with Gasteiger partial charge in [-0.3, -0.25) is 19.1 Å². The standard InChI is InChI=1S/C25H32ClN5O3/c1-25(24(34)28-19-7-5-3-4-6-8-19)16-31-21(23(33)30(25)2)15-20(29-31)22(32)27-14-13-17-9-11-18(26)12-10-17/h9-12,15,19H,3-8,13-14,16H2,1-2H3,(H,27,32)(H,28,34). The number of benzene rings is 1. The van der Waals surface area contributed by atoms with Gasteiger partial charge in [0, 0.05) is 30.7 Å². The molecule has 3 amide bonds. The number of fused-ring (bicyclic) bond motifs is 1. The fraction of sp³-hybridized carbons (Fsp3) is 0.520. The molecule has 0 spiro atoms. The monoisotopic (exact) mass is 485 g/mol. The average Bonchev–Trinajstić information content (AvgIpc) is 3.07. The van der Waals surface area contributed by atoms with Crippen LogP contribution >= 0.6 is 11.6 Å². The fourth-order valence-electron chi connectivity index (χ4n) is 4.66. The molecular formula is C25H32ClN5O3. The van der Waals surface area contributed by atoms with E-state index < -0.39 is 5.54 Å². The van der Waals surface area contributed by atoms with Crippen LogP contribution in [0.5, 0.6) is 0 Å². The first-order valence-corrected chi connectivity index (χ1v) is 12.4. The third kappa shape index (κ3) is 5.12. The number of nitrogens with one attached hydrogen (secondary N) is 2. The maximum atomic E-state index is 13.3. The van der Waals surface area contributed by atoms with Crippen molar-refractivity contribution < 1.29 is 14.4 Å². The Morgan fingerprint density at radius 1 is 1.15 bits per heavy atom. The molecule has 1 atom stereocenters. The molecule has 182 valence electrons. The molecule has 9 heteroatoms. The van der Waals surface area contributed by atoms with E-state index in [0.717, 1.165) is 31.2 Å². The molecule has 0 saturated heterocycles. The minimum Gasteiger partial charge on any atom is -0.351 e. The van der Waals surface area contributed by atoms with Gasteiger partial charge in [-0.25, -0.2) is 0 Å². The second-order valence-corrected chi connectivity index (χ2v) is 9.94. The molecule has 8 nitrogen and oxygen atoms in total. The highest BCUT2D eigenvalue weighted by atomic mass is 35.5. The van der Waals surface area contributed by atoms with Crippen molar-refractivity contribution in [2.24, 2.45) is 0 Å². The van der Waals surface area contributed by atoms with Crippen LogP contribution in [0.4, 0.5) is 0 Å². The zero-order valence-electron chi connectivity index (χ0n) is 19.8. The Bertz CT molecular complexity index is 1060. The predicted octanol–water partition coefficient (Wildman–Crippen LogP) is 3.19. The van der Waals surface area contributed by atoms with E-state index in [-0.39, 0.29) is 36.0 Å². The molecular weight excluding hydrogens is 454 g/mol. The van der Waals surface area contributed by atoms with E-state index in [9.17, 15) is 14.4 Å². The summed E-state index contributed by atoms with van der Waals surface area (Å²) in [6, 6.07) is 9.09. The normalized spacial score (nSPS) is 21.0. The van der Waals surface area contributed by atoms with E-state index in [0.29, 0.717) is 23.7 Å². The van der Waals surface area contributed by atoms with Crippen LogP contribution in [0.25, 0.3) is 0 Å². The molecule has 1 aromatic heterocycles. The van der Waals surface area contributed by atoms with Gasteiger partial charge in [-0.1, -0.05) is 49.4 Å². The smallest absolute Gasteiger partial charge is 0.272 e. The van der Waals surface area contributed by atoms with E-state index in [2.05, 4.69) is 15.7 Å². The molecule has 1 aromatic carbocycles. The lowest BCUT2D eigenvalue weighted by Crippen LogP contribution is -2.63. The van der Waals surface area contributed by atoms with Crippen molar-refractivity contribution in [2.45, 2.75) is 70.0 Å². The highest BCUT2D eigenvalue weighted by Crippen LogP contribution is 2.27. The van der Waals surface area contributed by atoms with Gasteiger partial charge in [0.15, 0.2) is 5.69 Å². The van der Waals surface area contributed by atoms with Gasteiger partial charge in [0.1, 0.15) is 11.2 Å². The lowest BCUT2D eigenvalue weighted by atomic mass is 9.95. The first kappa shape index (κ1) is 24.3. The molecule has 2 aromatic rings. The zero-order valence-corrected chi connectivity index (χ0v) is 20.5. The van der Waals surface area contributed by atoms with Crippen LogP contribution in [0.3, 0.4) is 0 Å². The number of carbonyl (C=O) groups is 3. The van der Waals surface area contributed by atoms with Crippen molar-refractivity contribution in [3.05, 3.63) is 52.3 Å². The van der Waals surface area contributed by atoms with E-state index in [4.69, 9.17) is 11.6 Å². The second-order valence-electron chi connectivity index (χ2n) is 9.50. The van der Waals surface area contributed by atoms with Crippen molar-refractivity contribution >= 4 is 29.3 Å². The number of nitrogens with zero attached hydrogens (tertiary/aromatic N) is 3. The average molecular weight is 486 g/mol. The molecule has 1 fully saturated rings. The van der Waals surface area contributed by atoms with Crippen molar-refractivity contribution in [1.29, 1.82) is 0 Å². The van der Waals surface area contributed by atoms with Gasteiger partial charge in [-0.05, 0) is 43.9 Å². The van der Waals surface area contributed by atoms with Crippen molar-refractivity contribution in [2.75, 3.05) is 13.6 Å². The third-order valence-corrected chi connectivity index (χ3v) is 7.28. The number of halogens is 1. The van der Waals surface area contributed by atoms with Gasteiger partial charge < -0.3 is 15.5 Å². The number of aromatic nitrogens is 2. The van der Waals surface area contributed by atoms with Gasteiger partial charge in [0.2, 0.25) is 5.91 Å². The van der Waals surface area contributed by atoms with Gasteiger partial charge in [-0.15, -0.1) is 0 Å². The van der Waals surface area contributed by atoms with Crippen molar-refractivity contribution in [3.8, 4) is 0 Å². The largest absolute Gasteiger partial charge is 0.351 e. The minimum absolute atomic E-state index is 0.135. The van der Waals surface area contributed by atoms with E-state index in [1.165, 1.54) is 28.5 Å². The summed E-state index contributed by atoms with van der Waals surface area (Å²) in [5.74, 6) is -0.848. The summed E-state index contributed by atoms with van der Waals surface area (Å²) in [5, 5.41) is 11.1. The fourth-order valence-corrected chi connectivity index (χ4v) is 4.79. The molecule has 34 heavy (non-hydrogen) atoms. The molecule has 0 radical (unpaired) electrons. The highest BCUT2D eigenvalue weighted by Gasteiger charge is 2.46. The van der Waals surface area contributed by atoms with Crippen LogP contribution in [0.2, 0.25) is 5.02 Å². The third-order valence-electron chi connectivity index (χ3n) is 7.03. The summed E-state index contributed by atoms with van der Waals surface area (Å²) < 4.78 is 1.49. The summed E-state index contributed by atoms with van der Waals surface area (Å²) in [7, 11) is 1.64. The van der Waals surface area contributed by atoms with Gasteiger partial charge >= 0.3 is 0 Å². The molecule has 2 aliphatic rings. The van der Waals surface area contributed by atoms with Gasteiger partial charge in [0.05, 0.1) is 6.54 Å². The molecule has 4 rings (SSSR count). The lowest BCUT2D eigenvalue weighted by molar-refractivity contribution is -0.133. The Kier molecular flexibility index (Phi) is 7.26. The second kappa shape index (κ2) is 10.2. The molecule has 0 bridgehead atoms. The van der Waals surface area contributed by atoms with Crippen LogP contribution < -0.4 is 10.6 Å². The van der Waals surface area contributed by atoms with E-state index in [1.54, 1.807) is 14.0 Å². The maximum absolute atomic E-state index is 13.3. The van der Waals surface area contributed by atoms with Crippen molar-refractivity contribution in [3.63, 3.8) is 0 Å². The number of likely N-dealkylation sites (N-methyl/N-ethyl adjacent to an activating group) is 1. The van der Waals surface area contributed by atoms with Crippen LogP contribution in [0, 0.1) is 0 Å². The number of carbonyl (C=O) groups excluding carboxylic acids is 3. The van der Waals surface area contributed by atoms with Crippen LogP contribution in [0.15, 0.2) is 30.3 Å². The first-order chi connectivity index (χ1) is 16.3. The Morgan fingerprint density at radius 2 is 1.82 bits per heavy atom. The summed E-state index contributed by atoms with van der Waals surface area (Å²) in [6.45, 7) is 2.38. The number of hydrogen-bond donors (Lipinski definition) is 2. The number of amides is 3. The molecule has 1 aliphatic heterocycles. The van der Waals surface area contributed by atoms with Crippen LogP contribution in [-0.4, -0.2) is 57.6 Å². The molecule has 1 saturated carbocycles. The molecule has 2 heterocycles. The summed E-state index contributed by atoms with van der Waals surface area (Å²) in [4.78, 5) is 40.5. The lowest BCUT2D eigenvalue weighted by Gasteiger charge is -2.41.